The summed E-state index contributed by atoms with van der Waals surface area (Å²) in [7, 11) is 2.11. The van der Waals surface area contributed by atoms with E-state index in [4.69, 9.17) is 4.74 Å². The summed E-state index contributed by atoms with van der Waals surface area (Å²) in [6, 6.07) is 0.772. The van der Waals surface area contributed by atoms with Crippen molar-refractivity contribution >= 4 is 11.8 Å². The van der Waals surface area contributed by atoms with E-state index in [0.29, 0.717) is 5.54 Å². The highest BCUT2D eigenvalue weighted by Crippen LogP contribution is 2.40. The van der Waals surface area contributed by atoms with Crippen LogP contribution in [0.15, 0.2) is 0 Å². The zero-order valence-corrected chi connectivity index (χ0v) is 13.2. The van der Waals surface area contributed by atoms with Crippen LogP contribution in [-0.4, -0.2) is 60.3 Å². The molecule has 4 heteroatoms. The van der Waals surface area contributed by atoms with Crippen LogP contribution in [0.2, 0.25) is 0 Å². The zero-order chi connectivity index (χ0) is 13.3. The van der Waals surface area contributed by atoms with Crippen LogP contribution in [0.4, 0.5) is 0 Å². The second-order valence-electron chi connectivity index (χ2n) is 6.83. The van der Waals surface area contributed by atoms with Crippen LogP contribution in [-0.2, 0) is 4.74 Å². The minimum absolute atomic E-state index is 0.233. The lowest BCUT2D eigenvalue weighted by molar-refractivity contribution is -0.0936. The lowest BCUT2D eigenvalue weighted by Crippen LogP contribution is -2.55. The molecule has 3 aliphatic rings. The van der Waals surface area contributed by atoms with Gasteiger partial charge in [-0.2, -0.15) is 11.8 Å². The molecule has 0 amide bonds. The van der Waals surface area contributed by atoms with Crippen LogP contribution in [0.1, 0.15) is 39.0 Å². The third-order valence-electron chi connectivity index (χ3n) is 5.56. The Morgan fingerprint density at radius 2 is 2.05 bits per heavy atom. The first-order valence-electron chi connectivity index (χ1n) is 7.80. The topological polar surface area (TPSA) is 24.5 Å². The highest BCUT2D eigenvalue weighted by Gasteiger charge is 2.43. The van der Waals surface area contributed by atoms with Crippen molar-refractivity contribution in [2.45, 2.75) is 56.2 Å². The molecule has 0 radical (unpaired) electrons. The Morgan fingerprint density at radius 1 is 1.26 bits per heavy atom. The highest BCUT2D eigenvalue weighted by molar-refractivity contribution is 7.99. The number of hydrogen-bond acceptors (Lipinski definition) is 4. The van der Waals surface area contributed by atoms with Crippen molar-refractivity contribution in [3.05, 3.63) is 0 Å². The molecule has 3 heterocycles. The van der Waals surface area contributed by atoms with Crippen molar-refractivity contribution in [3.8, 4) is 0 Å². The summed E-state index contributed by atoms with van der Waals surface area (Å²) < 4.78 is 6.15. The normalized spacial score (nSPS) is 39.8. The Bertz CT molecular complexity index is 309. The van der Waals surface area contributed by atoms with Crippen LogP contribution >= 0.6 is 11.8 Å². The van der Waals surface area contributed by atoms with Gasteiger partial charge in [0.25, 0.3) is 0 Å². The Kier molecular flexibility index (Phi) is 4.14. The van der Waals surface area contributed by atoms with Gasteiger partial charge in [-0.1, -0.05) is 0 Å². The largest absolute Gasteiger partial charge is 0.374 e. The average molecular weight is 284 g/mol. The number of ether oxygens (including phenoxy) is 1. The predicted molar refractivity (Wildman–Crippen MR) is 81.9 cm³/mol. The fourth-order valence-electron chi connectivity index (χ4n) is 3.81. The number of rotatable bonds is 2. The molecule has 0 aliphatic carbocycles. The maximum atomic E-state index is 6.15. The van der Waals surface area contributed by atoms with Crippen molar-refractivity contribution < 1.29 is 4.74 Å². The van der Waals surface area contributed by atoms with Crippen molar-refractivity contribution in [1.29, 1.82) is 0 Å². The molecule has 3 rings (SSSR count). The van der Waals surface area contributed by atoms with Gasteiger partial charge in [0, 0.05) is 37.0 Å². The van der Waals surface area contributed by atoms with Gasteiger partial charge < -0.3 is 15.0 Å². The van der Waals surface area contributed by atoms with Crippen molar-refractivity contribution in [3.63, 3.8) is 0 Å². The van der Waals surface area contributed by atoms with Crippen molar-refractivity contribution in [1.82, 2.24) is 10.2 Å². The van der Waals surface area contributed by atoms with Gasteiger partial charge in [0.05, 0.1) is 5.60 Å². The molecule has 110 valence electrons. The number of nitrogens with zero attached hydrogens (tertiary/aromatic N) is 1. The van der Waals surface area contributed by atoms with Crippen molar-refractivity contribution in [2.24, 2.45) is 0 Å². The van der Waals surface area contributed by atoms with Crippen LogP contribution in [0, 0.1) is 0 Å². The summed E-state index contributed by atoms with van der Waals surface area (Å²) in [5.74, 6) is 2.52. The van der Waals surface area contributed by atoms with Crippen LogP contribution in [0.3, 0.4) is 0 Å². The minimum atomic E-state index is 0.233. The van der Waals surface area contributed by atoms with E-state index in [1.165, 1.54) is 56.7 Å². The maximum absolute atomic E-state index is 6.15. The molecule has 2 atom stereocenters. The van der Waals surface area contributed by atoms with Gasteiger partial charge in [-0.05, 0) is 51.8 Å². The number of hydrogen-bond donors (Lipinski definition) is 1. The smallest absolute Gasteiger partial charge is 0.0795 e. The number of piperidine rings is 1. The molecule has 1 spiro atoms. The average Bonchev–Trinajstić information content (AvgIpc) is 2.88. The molecular weight excluding hydrogens is 256 g/mol. The summed E-state index contributed by atoms with van der Waals surface area (Å²) in [6.45, 7) is 5.85. The van der Waals surface area contributed by atoms with Crippen LogP contribution in [0.25, 0.3) is 0 Å². The summed E-state index contributed by atoms with van der Waals surface area (Å²) >= 11 is 2.08. The van der Waals surface area contributed by atoms with E-state index in [1.54, 1.807) is 0 Å². The Balaban J connectivity index is 1.58. The van der Waals surface area contributed by atoms with E-state index in [-0.39, 0.29) is 5.60 Å². The lowest BCUT2D eigenvalue weighted by atomic mass is 9.85. The first-order valence-corrected chi connectivity index (χ1v) is 8.95. The van der Waals surface area contributed by atoms with Gasteiger partial charge in [0.1, 0.15) is 0 Å². The summed E-state index contributed by atoms with van der Waals surface area (Å²) in [5, 5.41) is 3.50. The third kappa shape index (κ3) is 2.97. The molecule has 0 bridgehead atoms. The number of thioether (sulfide) groups is 1. The molecule has 1 N–H and O–H groups in total. The molecular formula is C15H28N2OS. The van der Waals surface area contributed by atoms with E-state index in [2.05, 4.69) is 35.9 Å². The third-order valence-corrected chi connectivity index (χ3v) is 6.78. The van der Waals surface area contributed by atoms with Crippen LogP contribution in [0.5, 0.6) is 0 Å². The van der Waals surface area contributed by atoms with Gasteiger partial charge in [-0.15, -0.1) is 0 Å². The minimum Gasteiger partial charge on any atom is -0.374 e. The Labute approximate surface area is 121 Å². The molecule has 3 fully saturated rings. The second kappa shape index (κ2) is 5.55. The second-order valence-corrected chi connectivity index (χ2v) is 7.93. The van der Waals surface area contributed by atoms with E-state index in [1.807, 2.05) is 0 Å². The van der Waals surface area contributed by atoms with Gasteiger partial charge in [-0.3, -0.25) is 0 Å². The Hall–Kier alpha value is 0.230. The first-order chi connectivity index (χ1) is 9.15. The molecule has 0 aromatic heterocycles. The molecule has 0 aromatic carbocycles. The summed E-state index contributed by atoms with van der Waals surface area (Å²) in [5.41, 5.74) is 0.597. The van der Waals surface area contributed by atoms with E-state index in [9.17, 15) is 0 Å². The van der Waals surface area contributed by atoms with Crippen molar-refractivity contribution in [2.75, 3.05) is 38.2 Å². The first kappa shape index (κ1) is 14.2. The zero-order valence-electron chi connectivity index (χ0n) is 12.4. The van der Waals surface area contributed by atoms with Gasteiger partial charge >= 0.3 is 0 Å². The van der Waals surface area contributed by atoms with E-state index < -0.39 is 0 Å². The van der Waals surface area contributed by atoms with E-state index >= 15 is 0 Å². The van der Waals surface area contributed by atoms with Gasteiger partial charge in [-0.25, -0.2) is 0 Å². The number of nitrogens with one attached hydrogen (secondary N) is 1. The van der Waals surface area contributed by atoms with Gasteiger partial charge in [0.2, 0.25) is 0 Å². The predicted octanol–water partition coefficient (Wildman–Crippen LogP) is 2.11. The molecule has 19 heavy (non-hydrogen) atoms. The molecule has 3 saturated heterocycles. The summed E-state index contributed by atoms with van der Waals surface area (Å²) in [4.78, 5) is 2.74. The lowest BCUT2D eigenvalue weighted by Gasteiger charge is -2.47. The van der Waals surface area contributed by atoms with Crippen LogP contribution < -0.4 is 5.32 Å². The fourth-order valence-corrected chi connectivity index (χ4v) is 5.19. The summed E-state index contributed by atoms with van der Waals surface area (Å²) in [6.07, 6.45) is 6.35. The fraction of sp³-hybridized carbons (Fsp3) is 1.00. The molecule has 3 aliphatic heterocycles. The number of likely N-dealkylation sites (tertiary alicyclic amines) is 1. The molecule has 0 saturated carbocycles. The maximum Gasteiger partial charge on any atom is 0.0795 e. The molecule has 0 aromatic rings. The Morgan fingerprint density at radius 3 is 2.68 bits per heavy atom. The van der Waals surface area contributed by atoms with E-state index in [0.717, 1.165) is 12.6 Å². The standard InChI is InChI=1S/C15H28N2OS/c1-14(16-2)4-7-17(8-5-14)13-3-9-18-15(11-13)6-10-19-12-15/h13,16H,3-12H2,1-2H3. The SMILES string of the molecule is CNC1(C)CCN(C2CCOC3(CCSC3)C2)CC1. The van der Waals surface area contributed by atoms with Gasteiger partial charge in [0.15, 0.2) is 0 Å². The quantitative estimate of drug-likeness (QED) is 0.839. The highest BCUT2D eigenvalue weighted by atomic mass is 32.2. The monoisotopic (exact) mass is 284 g/mol. The molecule has 2 unspecified atom stereocenters. The molecule has 3 nitrogen and oxygen atoms in total.